The Balaban J connectivity index is 2.19. The Bertz CT molecular complexity index is 1400. The molecule has 2 heterocycles. The Hall–Kier alpha value is -3.92. The zero-order valence-corrected chi connectivity index (χ0v) is 21.1. The Labute approximate surface area is 202 Å². The number of aromatic nitrogens is 2. The van der Waals surface area contributed by atoms with E-state index in [0.717, 1.165) is 38.4 Å². The Morgan fingerprint density at radius 1 is 0.794 bits per heavy atom. The van der Waals surface area contributed by atoms with Gasteiger partial charge in [0, 0.05) is 11.1 Å². The first-order chi connectivity index (χ1) is 16.3. The van der Waals surface area contributed by atoms with Crippen LogP contribution in [0.25, 0.3) is 36.0 Å². The molecule has 0 N–H and O–H groups in total. The highest BCUT2D eigenvalue weighted by Crippen LogP contribution is 2.12. The number of allylic oxidation sites excluding steroid dienone is 13. The third kappa shape index (κ3) is 7.31. The molecule has 2 rings (SSSR count). The Kier molecular flexibility index (Phi) is 10.0. The lowest BCUT2D eigenvalue weighted by Gasteiger charge is -1.96. The van der Waals surface area contributed by atoms with Crippen LogP contribution >= 0.6 is 0 Å². The highest BCUT2D eigenvalue weighted by atomic mass is 16.3. The quantitative estimate of drug-likeness (QED) is 0.518. The molecule has 2 aromatic rings. The van der Waals surface area contributed by atoms with Gasteiger partial charge in [0.05, 0.1) is 0 Å². The zero-order chi connectivity index (χ0) is 25.1. The van der Waals surface area contributed by atoms with Gasteiger partial charge in [-0.3, -0.25) is 0 Å². The fraction of sp³-hybridized carbons (Fsp3) is 0.200. The first-order valence-corrected chi connectivity index (χ1v) is 11.3. The van der Waals surface area contributed by atoms with Gasteiger partial charge in [0.25, 0.3) is 0 Å². The second-order valence-corrected chi connectivity index (χ2v) is 7.68. The maximum absolute atomic E-state index is 5.82. The van der Waals surface area contributed by atoms with Gasteiger partial charge in [0.1, 0.15) is 16.1 Å². The molecule has 0 atom stereocenters. The molecular weight excluding hydrogens is 420 g/mol. The van der Waals surface area contributed by atoms with Crippen molar-refractivity contribution >= 4 is 36.0 Å². The molecular formula is C30H34N2O2. The average Bonchev–Trinajstić information content (AvgIpc) is 3.44. The molecule has 0 saturated carbocycles. The van der Waals surface area contributed by atoms with Gasteiger partial charge in [-0.15, -0.1) is 0 Å². The van der Waals surface area contributed by atoms with E-state index in [9.17, 15) is 0 Å². The van der Waals surface area contributed by atoms with E-state index in [4.69, 9.17) is 8.83 Å². The molecule has 0 aliphatic rings. The average molecular weight is 455 g/mol. The van der Waals surface area contributed by atoms with Gasteiger partial charge < -0.3 is 8.83 Å². The van der Waals surface area contributed by atoms with E-state index in [1.54, 1.807) is 6.08 Å². The molecule has 4 nitrogen and oxygen atoms in total. The van der Waals surface area contributed by atoms with Crippen molar-refractivity contribution in [2.75, 3.05) is 0 Å². The van der Waals surface area contributed by atoms with Crippen molar-refractivity contribution < 1.29 is 8.83 Å². The van der Waals surface area contributed by atoms with Crippen LogP contribution in [0.4, 0.5) is 0 Å². The molecule has 0 amide bonds. The van der Waals surface area contributed by atoms with Gasteiger partial charge in [-0.25, -0.2) is 9.97 Å². The van der Waals surface area contributed by atoms with Crippen LogP contribution in [-0.2, 0) is 0 Å². The van der Waals surface area contributed by atoms with Crippen LogP contribution < -0.4 is 21.5 Å². The third-order valence-corrected chi connectivity index (χ3v) is 4.96. The van der Waals surface area contributed by atoms with Gasteiger partial charge in [-0.1, -0.05) is 79.5 Å². The third-order valence-electron chi connectivity index (χ3n) is 4.96. The zero-order valence-electron chi connectivity index (χ0n) is 21.1. The van der Waals surface area contributed by atoms with E-state index >= 15 is 0 Å². The van der Waals surface area contributed by atoms with Crippen molar-refractivity contribution in [3.05, 3.63) is 106 Å². The van der Waals surface area contributed by atoms with Crippen LogP contribution in [0.2, 0.25) is 0 Å². The number of hydrogen-bond donors (Lipinski definition) is 0. The van der Waals surface area contributed by atoms with Crippen molar-refractivity contribution in [3.63, 3.8) is 0 Å². The molecule has 176 valence electrons. The Morgan fingerprint density at radius 3 is 2.03 bits per heavy atom. The highest BCUT2D eigenvalue weighted by Gasteiger charge is 2.03. The normalized spacial score (nSPS) is 16.0. The van der Waals surface area contributed by atoms with E-state index in [1.165, 1.54) is 0 Å². The minimum absolute atomic E-state index is 0.552. The van der Waals surface area contributed by atoms with Crippen molar-refractivity contribution in [2.45, 2.75) is 41.5 Å². The SMILES string of the molecule is C=CC(/C=C/C(C)=C/C=C(\C)c1nc(=C/C)/c(=C\C)o1)=C\C=C(/C)c1n/c(=C/C=C\C)c(=C)o1. The van der Waals surface area contributed by atoms with E-state index < -0.39 is 0 Å². The fourth-order valence-electron chi connectivity index (χ4n) is 2.87. The molecule has 4 heteroatoms. The monoisotopic (exact) mass is 454 g/mol. The van der Waals surface area contributed by atoms with Crippen molar-refractivity contribution in [2.24, 2.45) is 0 Å². The van der Waals surface area contributed by atoms with Crippen LogP contribution in [0.15, 0.2) is 81.2 Å². The first kappa shape index (κ1) is 26.3. The fourth-order valence-corrected chi connectivity index (χ4v) is 2.87. The van der Waals surface area contributed by atoms with Gasteiger partial charge >= 0.3 is 0 Å². The molecule has 0 saturated heterocycles. The van der Waals surface area contributed by atoms with Crippen LogP contribution in [0.1, 0.15) is 53.3 Å². The van der Waals surface area contributed by atoms with Crippen molar-refractivity contribution in [3.8, 4) is 0 Å². The largest absolute Gasteiger partial charge is 0.437 e. The van der Waals surface area contributed by atoms with E-state index in [-0.39, 0.29) is 0 Å². The second-order valence-electron chi connectivity index (χ2n) is 7.68. The summed E-state index contributed by atoms with van der Waals surface area (Å²) in [5.74, 6) is 1.19. The van der Waals surface area contributed by atoms with E-state index in [0.29, 0.717) is 17.2 Å². The minimum atomic E-state index is 0.552. The lowest BCUT2D eigenvalue weighted by Crippen LogP contribution is -2.20. The summed E-state index contributed by atoms with van der Waals surface area (Å²) < 4.78 is 11.5. The molecule has 0 aromatic carbocycles. The summed E-state index contributed by atoms with van der Waals surface area (Å²) in [6, 6.07) is 0. The van der Waals surface area contributed by atoms with Gasteiger partial charge in [0.15, 0.2) is 5.42 Å². The maximum atomic E-state index is 5.82. The summed E-state index contributed by atoms with van der Waals surface area (Å²) in [7, 11) is 0. The molecule has 0 radical (unpaired) electrons. The summed E-state index contributed by atoms with van der Waals surface area (Å²) in [6.07, 6.45) is 23.4. The van der Waals surface area contributed by atoms with Crippen LogP contribution in [0, 0.1) is 0 Å². The number of hydrogen-bond acceptors (Lipinski definition) is 4. The topological polar surface area (TPSA) is 52.1 Å². The minimum Gasteiger partial charge on any atom is -0.437 e. The smallest absolute Gasteiger partial charge is 0.222 e. The summed E-state index contributed by atoms with van der Waals surface area (Å²) >= 11 is 0. The van der Waals surface area contributed by atoms with Gasteiger partial charge in [-0.2, -0.15) is 0 Å². The van der Waals surface area contributed by atoms with Crippen molar-refractivity contribution in [1.29, 1.82) is 0 Å². The number of nitrogens with zero attached hydrogens (tertiary/aromatic N) is 2. The summed E-state index contributed by atoms with van der Waals surface area (Å²) in [4.78, 5) is 9.03. The van der Waals surface area contributed by atoms with Crippen LogP contribution in [0.3, 0.4) is 0 Å². The predicted octanol–water partition coefficient (Wildman–Crippen LogP) is 5.15. The highest BCUT2D eigenvalue weighted by molar-refractivity contribution is 5.60. The molecule has 34 heavy (non-hydrogen) atoms. The van der Waals surface area contributed by atoms with Crippen LogP contribution in [-0.4, -0.2) is 9.97 Å². The van der Waals surface area contributed by atoms with Crippen LogP contribution in [0.5, 0.6) is 0 Å². The van der Waals surface area contributed by atoms with Gasteiger partial charge in [0.2, 0.25) is 11.8 Å². The van der Waals surface area contributed by atoms with E-state index in [2.05, 4.69) is 23.1 Å². The number of rotatable bonds is 8. The molecule has 0 fully saturated rings. The molecule has 2 aromatic heterocycles. The second kappa shape index (κ2) is 12.9. The van der Waals surface area contributed by atoms with E-state index in [1.807, 2.05) is 108 Å². The molecule has 0 unspecified atom stereocenters. The molecule has 0 bridgehead atoms. The Morgan fingerprint density at radius 2 is 1.44 bits per heavy atom. The first-order valence-electron chi connectivity index (χ1n) is 11.3. The summed E-state index contributed by atoms with van der Waals surface area (Å²) in [5, 5.41) is 1.59. The summed E-state index contributed by atoms with van der Waals surface area (Å²) in [6.45, 7) is 19.7. The lowest BCUT2D eigenvalue weighted by atomic mass is 10.1. The maximum Gasteiger partial charge on any atom is 0.222 e. The standard InChI is InChI=1S/C30H34N2O2/c1-9-13-14-27-24(8)33-29(32-27)23(7)18-20-25(10-2)19-16-21(5)15-17-22(6)30-31-26(11-3)28(12-4)34-30/h9-20H,2,8H2,1,3-7H3/b13-9-,19-16+,21-15+,22-17+,23-18+,25-20+,26-11+,27-14+,28-12+. The summed E-state index contributed by atoms with van der Waals surface area (Å²) in [5.41, 5.74) is 5.26. The van der Waals surface area contributed by atoms with Crippen molar-refractivity contribution in [1.82, 2.24) is 9.97 Å². The molecule has 0 spiro atoms. The molecule has 0 aliphatic heterocycles. The number of oxazole rings is 2. The lowest BCUT2D eigenvalue weighted by molar-refractivity contribution is 0.510. The molecule has 0 aliphatic carbocycles. The van der Waals surface area contributed by atoms with Gasteiger partial charge in [-0.05, 0) is 59.3 Å². The predicted molar refractivity (Wildman–Crippen MR) is 145 cm³/mol.